The Morgan fingerprint density at radius 1 is 1.38 bits per heavy atom. The topological polar surface area (TPSA) is 64.4 Å². The second-order valence-electron chi connectivity index (χ2n) is 5.48. The third-order valence-electron chi connectivity index (χ3n) is 4.06. The van der Waals surface area contributed by atoms with Gasteiger partial charge < -0.3 is 10.1 Å². The zero-order valence-electron chi connectivity index (χ0n) is 12.2. The minimum Gasteiger partial charge on any atom is -0.490 e. The average Bonchev–Trinajstić information content (AvgIpc) is 2.49. The summed E-state index contributed by atoms with van der Waals surface area (Å²) in [5.74, 6) is 0.155. The molecule has 1 aliphatic carbocycles. The third-order valence-corrected chi connectivity index (χ3v) is 4.06. The predicted octanol–water partition coefficient (Wildman–Crippen LogP) is 4.12. The molecular formula is C15H21FN2O3. The molecule has 0 atom stereocenters. The number of nitrogens with zero attached hydrogens (tertiary/aromatic N) is 1. The van der Waals surface area contributed by atoms with Gasteiger partial charge in [0.25, 0.3) is 0 Å². The summed E-state index contributed by atoms with van der Waals surface area (Å²) in [4.78, 5) is 10.2. The van der Waals surface area contributed by atoms with E-state index < -0.39 is 10.7 Å². The standard InChI is InChI=1S/C15H21FN2O3/c1-21-15-10-13(12(16)9-14(15)18(19)20)17-8-7-11-5-3-2-4-6-11/h9-11,17H,2-8H2,1H3. The van der Waals surface area contributed by atoms with E-state index in [9.17, 15) is 14.5 Å². The van der Waals surface area contributed by atoms with Gasteiger partial charge in [-0.2, -0.15) is 0 Å². The first kappa shape index (κ1) is 15.5. The van der Waals surface area contributed by atoms with Gasteiger partial charge in [-0.1, -0.05) is 32.1 Å². The number of benzene rings is 1. The van der Waals surface area contributed by atoms with E-state index in [1.807, 2.05) is 0 Å². The second kappa shape index (κ2) is 7.24. The van der Waals surface area contributed by atoms with Crippen LogP contribution in [0.2, 0.25) is 0 Å². The molecule has 116 valence electrons. The molecule has 0 bridgehead atoms. The number of nitro benzene ring substituents is 1. The number of hydrogen-bond acceptors (Lipinski definition) is 4. The van der Waals surface area contributed by atoms with Crippen LogP contribution in [0.15, 0.2) is 12.1 Å². The summed E-state index contributed by atoms with van der Waals surface area (Å²) in [6.07, 6.45) is 7.37. The quantitative estimate of drug-likeness (QED) is 0.633. The van der Waals surface area contributed by atoms with E-state index in [0.29, 0.717) is 12.5 Å². The number of halogens is 1. The Hall–Kier alpha value is -1.85. The summed E-state index contributed by atoms with van der Waals surface area (Å²) < 4.78 is 18.8. The highest BCUT2D eigenvalue weighted by molar-refractivity contribution is 5.59. The summed E-state index contributed by atoms with van der Waals surface area (Å²) in [5.41, 5.74) is -0.0962. The number of anilines is 1. The van der Waals surface area contributed by atoms with Crippen molar-refractivity contribution in [2.24, 2.45) is 5.92 Å². The molecule has 0 aromatic heterocycles. The second-order valence-corrected chi connectivity index (χ2v) is 5.48. The van der Waals surface area contributed by atoms with Gasteiger partial charge in [-0.05, 0) is 12.3 Å². The largest absolute Gasteiger partial charge is 0.490 e. The SMILES string of the molecule is COc1cc(NCCC2CCCCC2)c(F)cc1[N+](=O)[O-]. The smallest absolute Gasteiger partial charge is 0.313 e. The van der Waals surface area contributed by atoms with E-state index in [1.165, 1.54) is 45.3 Å². The van der Waals surface area contributed by atoms with Crippen LogP contribution in [0.4, 0.5) is 15.8 Å². The Morgan fingerprint density at radius 3 is 2.71 bits per heavy atom. The van der Waals surface area contributed by atoms with Gasteiger partial charge in [-0.15, -0.1) is 0 Å². The monoisotopic (exact) mass is 296 g/mol. The summed E-state index contributed by atoms with van der Waals surface area (Å²) in [6.45, 7) is 0.669. The van der Waals surface area contributed by atoms with Crippen molar-refractivity contribution in [3.63, 3.8) is 0 Å². The zero-order chi connectivity index (χ0) is 15.2. The fraction of sp³-hybridized carbons (Fsp3) is 0.600. The molecule has 0 spiro atoms. The lowest BCUT2D eigenvalue weighted by atomic mass is 9.87. The van der Waals surface area contributed by atoms with Crippen molar-refractivity contribution >= 4 is 11.4 Å². The Labute approximate surface area is 123 Å². The van der Waals surface area contributed by atoms with Crippen molar-refractivity contribution in [2.75, 3.05) is 19.0 Å². The highest BCUT2D eigenvalue weighted by atomic mass is 19.1. The summed E-state index contributed by atoms with van der Waals surface area (Å²) in [7, 11) is 1.34. The van der Waals surface area contributed by atoms with Gasteiger partial charge in [-0.25, -0.2) is 4.39 Å². The predicted molar refractivity (Wildman–Crippen MR) is 79.3 cm³/mol. The van der Waals surface area contributed by atoms with Gasteiger partial charge in [0.05, 0.1) is 23.8 Å². The van der Waals surface area contributed by atoms with Crippen molar-refractivity contribution in [2.45, 2.75) is 38.5 Å². The van der Waals surface area contributed by atoms with E-state index in [2.05, 4.69) is 5.32 Å². The lowest BCUT2D eigenvalue weighted by molar-refractivity contribution is -0.385. The van der Waals surface area contributed by atoms with Crippen molar-refractivity contribution < 1.29 is 14.1 Å². The molecule has 0 amide bonds. The highest BCUT2D eigenvalue weighted by Crippen LogP contribution is 2.32. The maximum Gasteiger partial charge on any atom is 0.313 e. The fourth-order valence-electron chi connectivity index (χ4n) is 2.87. The zero-order valence-corrected chi connectivity index (χ0v) is 12.2. The van der Waals surface area contributed by atoms with E-state index in [0.717, 1.165) is 12.5 Å². The molecule has 1 aliphatic rings. The normalized spacial score (nSPS) is 15.7. The first-order valence-electron chi connectivity index (χ1n) is 7.37. The van der Waals surface area contributed by atoms with Gasteiger partial charge in [0, 0.05) is 12.6 Å². The maximum atomic E-state index is 13.9. The van der Waals surface area contributed by atoms with Crippen LogP contribution < -0.4 is 10.1 Å². The molecule has 1 aromatic carbocycles. The number of methoxy groups -OCH3 is 1. The molecule has 0 radical (unpaired) electrons. The van der Waals surface area contributed by atoms with Crippen LogP contribution >= 0.6 is 0 Å². The van der Waals surface area contributed by atoms with Crippen LogP contribution in [-0.2, 0) is 0 Å². The van der Waals surface area contributed by atoms with Crippen molar-refractivity contribution in [3.8, 4) is 5.75 Å². The number of nitro groups is 1. The van der Waals surface area contributed by atoms with E-state index >= 15 is 0 Å². The van der Waals surface area contributed by atoms with E-state index in [-0.39, 0.29) is 17.1 Å². The van der Waals surface area contributed by atoms with E-state index in [4.69, 9.17) is 4.74 Å². The summed E-state index contributed by atoms with van der Waals surface area (Å²) >= 11 is 0. The molecule has 1 fully saturated rings. The number of rotatable bonds is 6. The number of ether oxygens (including phenoxy) is 1. The third kappa shape index (κ3) is 4.06. The molecule has 0 aliphatic heterocycles. The van der Waals surface area contributed by atoms with Gasteiger partial charge in [0.1, 0.15) is 0 Å². The number of hydrogen-bond donors (Lipinski definition) is 1. The first-order chi connectivity index (χ1) is 10.1. The molecule has 5 nitrogen and oxygen atoms in total. The van der Waals surface area contributed by atoms with Gasteiger partial charge in [0.15, 0.2) is 11.6 Å². The Morgan fingerprint density at radius 2 is 2.10 bits per heavy atom. The van der Waals surface area contributed by atoms with Crippen LogP contribution in [0.3, 0.4) is 0 Å². The van der Waals surface area contributed by atoms with Gasteiger partial charge in [-0.3, -0.25) is 10.1 Å². The molecular weight excluding hydrogens is 275 g/mol. The molecule has 2 rings (SSSR count). The summed E-state index contributed by atoms with van der Waals surface area (Å²) in [5, 5.41) is 13.8. The minimum atomic E-state index is -0.645. The molecule has 21 heavy (non-hydrogen) atoms. The van der Waals surface area contributed by atoms with Crippen LogP contribution in [-0.4, -0.2) is 18.6 Å². The Kier molecular flexibility index (Phi) is 5.36. The molecule has 6 heteroatoms. The highest BCUT2D eigenvalue weighted by Gasteiger charge is 2.19. The van der Waals surface area contributed by atoms with E-state index in [1.54, 1.807) is 0 Å². The van der Waals surface area contributed by atoms with Crippen molar-refractivity contribution in [1.82, 2.24) is 0 Å². The first-order valence-corrected chi connectivity index (χ1v) is 7.37. The lowest BCUT2D eigenvalue weighted by Crippen LogP contribution is -2.13. The Bertz CT molecular complexity index is 502. The minimum absolute atomic E-state index is 0.0709. The van der Waals surface area contributed by atoms with Crippen LogP contribution in [0.25, 0.3) is 0 Å². The number of nitrogens with one attached hydrogen (secondary N) is 1. The average molecular weight is 296 g/mol. The lowest BCUT2D eigenvalue weighted by Gasteiger charge is -2.21. The summed E-state index contributed by atoms with van der Waals surface area (Å²) in [6, 6.07) is 2.26. The van der Waals surface area contributed by atoms with Crippen molar-refractivity contribution in [3.05, 3.63) is 28.1 Å². The van der Waals surface area contributed by atoms with Crippen LogP contribution in [0.1, 0.15) is 38.5 Å². The van der Waals surface area contributed by atoms with Crippen molar-refractivity contribution in [1.29, 1.82) is 0 Å². The van der Waals surface area contributed by atoms with Crippen LogP contribution in [0.5, 0.6) is 5.75 Å². The van der Waals surface area contributed by atoms with Gasteiger partial charge in [0.2, 0.25) is 0 Å². The van der Waals surface area contributed by atoms with Crippen LogP contribution in [0, 0.1) is 21.8 Å². The molecule has 0 heterocycles. The maximum absolute atomic E-state index is 13.9. The molecule has 1 saturated carbocycles. The Balaban J connectivity index is 1.97. The molecule has 1 aromatic rings. The fourth-order valence-corrected chi connectivity index (χ4v) is 2.87. The molecule has 1 N–H and O–H groups in total. The van der Waals surface area contributed by atoms with Gasteiger partial charge >= 0.3 is 5.69 Å². The molecule has 0 saturated heterocycles. The molecule has 0 unspecified atom stereocenters.